The molecule has 0 spiro atoms. The van der Waals surface area contributed by atoms with E-state index in [0.29, 0.717) is 0 Å². The highest BCUT2D eigenvalue weighted by Gasteiger charge is 2.21. The first kappa shape index (κ1) is 14.5. The van der Waals surface area contributed by atoms with Crippen molar-refractivity contribution in [1.29, 1.82) is 0 Å². The molecular formula is C14H27NO2. The fourth-order valence-corrected chi connectivity index (χ4v) is 2.80. The molecule has 0 radical (unpaired) electrons. The summed E-state index contributed by atoms with van der Waals surface area (Å²) >= 11 is 0. The van der Waals surface area contributed by atoms with Gasteiger partial charge in [0.2, 0.25) is 0 Å². The molecule has 0 bridgehead atoms. The zero-order valence-electron chi connectivity index (χ0n) is 11.6. The van der Waals surface area contributed by atoms with E-state index in [-0.39, 0.29) is 11.9 Å². The van der Waals surface area contributed by atoms with Crippen molar-refractivity contribution in [2.75, 3.05) is 27.2 Å². The van der Waals surface area contributed by atoms with Gasteiger partial charge < -0.3 is 9.64 Å². The lowest BCUT2D eigenvalue weighted by molar-refractivity contribution is -0.146. The molecule has 1 rings (SSSR count). The Morgan fingerprint density at radius 2 is 2.00 bits per heavy atom. The van der Waals surface area contributed by atoms with E-state index in [9.17, 15) is 4.79 Å². The first-order valence-electron chi connectivity index (χ1n) is 6.93. The smallest absolute Gasteiger partial charge is 0.309 e. The second-order valence-corrected chi connectivity index (χ2v) is 5.35. The van der Waals surface area contributed by atoms with Gasteiger partial charge in [-0.3, -0.25) is 4.79 Å². The van der Waals surface area contributed by atoms with Gasteiger partial charge in [0.15, 0.2) is 0 Å². The number of ether oxygens (including phenoxy) is 1. The molecular weight excluding hydrogens is 214 g/mol. The van der Waals surface area contributed by atoms with Crippen molar-refractivity contribution < 1.29 is 9.53 Å². The van der Waals surface area contributed by atoms with E-state index in [1.807, 2.05) is 0 Å². The zero-order chi connectivity index (χ0) is 12.7. The van der Waals surface area contributed by atoms with Gasteiger partial charge in [0.25, 0.3) is 0 Å². The van der Waals surface area contributed by atoms with Gasteiger partial charge in [-0.25, -0.2) is 0 Å². The van der Waals surface area contributed by atoms with E-state index in [1.54, 1.807) is 0 Å². The molecule has 100 valence electrons. The molecule has 1 unspecified atom stereocenters. The van der Waals surface area contributed by atoms with Gasteiger partial charge in [0, 0.05) is 13.1 Å². The Labute approximate surface area is 106 Å². The lowest BCUT2D eigenvalue weighted by Gasteiger charge is -2.28. The van der Waals surface area contributed by atoms with Crippen LogP contribution in [-0.2, 0) is 9.53 Å². The third-order valence-electron chi connectivity index (χ3n) is 3.85. The molecule has 1 aliphatic carbocycles. The van der Waals surface area contributed by atoms with Crippen LogP contribution in [0.5, 0.6) is 0 Å². The standard InChI is InChI=1S/C14H27NO2/c1-4-13(14(16)17-3)11-15(2)10-12-8-6-5-7-9-12/h12-13H,4-11H2,1-3H3. The van der Waals surface area contributed by atoms with Crippen molar-refractivity contribution >= 4 is 5.97 Å². The fraction of sp³-hybridized carbons (Fsp3) is 0.929. The number of hydrogen-bond donors (Lipinski definition) is 0. The lowest BCUT2D eigenvalue weighted by atomic mass is 9.89. The van der Waals surface area contributed by atoms with Crippen molar-refractivity contribution in [3.63, 3.8) is 0 Å². The molecule has 1 aliphatic rings. The normalized spacial score (nSPS) is 19.3. The molecule has 3 heteroatoms. The van der Waals surface area contributed by atoms with Gasteiger partial charge >= 0.3 is 5.97 Å². The highest BCUT2D eigenvalue weighted by atomic mass is 16.5. The van der Waals surface area contributed by atoms with Crippen LogP contribution >= 0.6 is 0 Å². The topological polar surface area (TPSA) is 29.5 Å². The predicted octanol–water partition coefficient (Wildman–Crippen LogP) is 2.70. The quantitative estimate of drug-likeness (QED) is 0.670. The van der Waals surface area contributed by atoms with E-state index >= 15 is 0 Å². The van der Waals surface area contributed by atoms with Crippen molar-refractivity contribution in [3.05, 3.63) is 0 Å². The van der Waals surface area contributed by atoms with Gasteiger partial charge in [-0.2, -0.15) is 0 Å². The molecule has 0 heterocycles. The molecule has 0 aromatic heterocycles. The molecule has 1 saturated carbocycles. The van der Waals surface area contributed by atoms with Crippen LogP contribution in [0.15, 0.2) is 0 Å². The first-order chi connectivity index (χ1) is 8.17. The van der Waals surface area contributed by atoms with Crippen LogP contribution in [0.3, 0.4) is 0 Å². The summed E-state index contributed by atoms with van der Waals surface area (Å²) in [7, 11) is 3.60. The van der Waals surface area contributed by atoms with Crippen LogP contribution in [0, 0.1) is 11.8 Å². The Hall–Kier alpha value is -0.570. The number of nitrogens with zero attached hydrogens (tertiary/aromatic N) is 1. The van der Waals surface area contributed by atoms with Gasteiger partial charge in [-0.05, 0) is 32.2 Å². The molecule has 0 N–H and O–H groups in total. The SMILES string of the molecule is CCC(CN(C)CC1CCCCC1)C(=O)OC. The van der Waals surface area contributed by atoms with E-state index in [0.717, 1.165) is 25.4 Å². The predicted molar refractivity (Wildman–Crippen MR) is 69.9 cm³/mol. The number of esters is 1. The van der Waals surface area contributed by atoms with Crippen molar-refractivity contribution in [2.24, 2.45) is 11.8 Å². The molecule has 17 heavy (non-hydrogen) atoms. The van der Waals surface area contributed by atoms with Crippen LogP contribution in [0.1, 0.15) is 45.4 Å². The van der Waals surface area contributed by atoms with Crippen LogP contribution < -0.4 is 0 Å². The Kier molecular flexibility index (Phi) is 6.56. The van der Waals surface area contributed by atoms with E-state index in [1.165, 1.54) is 39.2 Å². The molecule has 0 aromatic rings. The number of hydrogen-bond acceptors (Lipinski definition) is 3. The van der Waals surface area contributed by atoms with E-state index in [4.69, 9.17) is 4.74 Å². The van der Waals surface area contributed by atoms with Gasteiger partial charge in [-0.15, -0.1) is 0 Å². The molecule has 3 nitrogen and oxygen atoms in total. The lowest BCUT2D eigenvalue weighted by Crippen LogP contribution is -2.34. The molecule has 1 atom stereocenters. The van der Waals surface area contributed by atoms with Crippen molar-refractivity contribution in [2.45, 2.75) is 45.4 Å². The summed E-state index contributed by atoms with van der Waals surface area (Å²) in [6.07, 6.45) is 7.75. The summed E-state index contributed by atoms with van der Waals surface area (Å²) in [6, 6.07) is 0. The summed E-state index contributed by atoms with van der Waals surface area (Å²) in [4.78, 5) is 13.8. The summed E-state index contributed by atoms with van der Waals surface area (Å²) in [5, 5.41) is 0. The van der Waals surface area contributed by atoms with Crippen molar-refractivity contribution in [1.82, 2.24) is 4.90 Å². The van der Waals surface area contributed by atoms with Crippen LogP contribution in [-0.4, -0.2) is 38.1 Å². The number of rotatable bonds is 6. The maximum absolute atomic E-state index is 11.5. The molecule has 0 aliphatic heterocycles. The van der Waals surface area contributed by atoms with Gasteiger partial charge in [0.1, 0.15) is 0 Å². The molecule has 0 amide bonds. The largest absolute Gasteiger partial charge is 0.469 e. The highest BCUT2D eigenvalue weighted by Crippen LogP contribution is 2.24. The van der Waals surface area contributed by atoms with Gasteiger partial charge in [-0.1, -0.05) is 26.2 Å². The Bertz CT molecular complexity index is 224. The first-order valence-corrected chi connectivity index (χ1v) is 6.93. The molecule has 1 fully saturated rings. The minimum absolute atomic E-state index is 0.0357. The van der Waals surface area contributed by atoms with Crippen molar-refractivity contribution in [3.8, 4) is 0 Å². The third-order valence-corrected chi connectivity index (χ3v) is 3.85. The summed E-state index contributed by atoms with van der Waals surface area (Å²) in [5.41, 5.74) is 0. The maximum Gasteiger partial charge on any atom is 0.309 e. The Morgan fingerprint density at radius 3 is 2.53 bits per heavy atom. The Balaban J connectivity index is 2.30. The monoisotopic (exact) mass is 241 g/mol. The second kappa shape index (κ2) is 7.70. The van der Waals surface area contributed by atoms with E-state index in [2.05, 4.69) is 18.9 Å². The zero-order valence-corrected chi connectivity index (χ0v) is 11.6. The molecule has 0 saturated heterocycles. The number of methoxy groups -OCH3 is 1. The second-order valence-electron chi connectivity index (χ2n) is 5.35. The number of carbonyl (C=O) groups is 1. The minimum Gasteiger partial charge on any atom is -0.469 e. The summed E-state index contributed by atoms with van der Waals surface area (Å²) in [5.74, 6) is 0.806. The average Bonchev–Trinajstić information content (AvgIpc) is 2.36. The summed E-state index contributed by atoms with van der Waals surface area (Å²) < 4.78 is 4.83. The summed E-state index contributed by atoms with van der Waals surface area (Å²) in [6.45, 7) is 4.02. The van der Waals surface area contributed by atoms with Crippen LogP contribution in [0.4, 0.5) is 0 Å². The van der Waals surface area contributed by atoms with Crippen LogP contribution in [0.25, 0.3) is 0 Å². The third kappa shape index (κ3) is 5.07. The highest BCUT2D eigenvalue weighted by molar-refractivity contribution is 5.72. The Morgan fingerprint density at radius 1 is 1.35 bits per heavy atom. The number of carbonyl (C=O) groups excluding carboxylic acids is 1. The average molecular weight is 241 g/mol. The van der Waals surface area contributed by atoms with E-state index < -0.39 is 0 Å². The fourth-order valence-electron chi connectivity index (χ4n) is 2.80. The maximum atomic E-state index is 11.5. The van der Waals surface area contributed by atoms with Gasteiger partial charge in [0.05, 0.1) is 13.0 Å². The minimum atomic E-state index is -0.0667. The molecule has 0 aromatic carbocycles. The van der Waals surface area contributed by atoms with Crippen LogP contribution in [0.2, 0.25) is 0 Å².